The smallest absolute Gasteiger partial charge is 0.317 e. The first-order valence-electron chi connectivity index (χ1n) is 10.7. The first kappa shape index (κ1) is 20.4. The van der Waals surface area contributed by atoms with Crippen LogP contribution in [-0.2, 0) is 0 Å². The largest absolute Gasteiger partial charge is 0.493 e. The van der Waals surface area contributed by atoms with Crippen molar-refractivity contribution in [3.63, 3.8) is 0 Å². The molecule has 0 radical (unpaired) electrons. The van der Waals surface area contributed by atoms with E-state index in [1.807, 2.05) is 31.2 Å². The molecule has 4 rings (SSSR count). The molecule has 2 aromatic carbocycles. The molecule has 1 saturated carbocycles. The Kier molecular flexibility index (Phi) is 6.02. The molecule has 2 fully saturated rings. The van der Waals surface area contributed by atoms with Gasteiger partial charge in [-0.1, -0.05) is 12.1 Å². The van der Waals surface area contributed by atoms with E-state index in [4.69, 9.17) is 9.47 Å². The van der Waals surface area contributed by atoms with Gasteiger partial charge in [0.1, 0.15) is 17.6 Å². The summed E-state index contributed by atoms with van der Waals surface area (Å²) >= 11 is 0. The van der Waals surface area contributed by atoms with Crippen molar-refractivity contribution >= 4 is 11.7 Å². The molecule has 6 nitrogen and oxygen atoms in total. The molecule has 0 spiro atoms. The number of nitrogens with one attached hydrogen (secondary N) is 1. The normalized spacial score (nSPS) is 17.1. The molecule has 1 aliphatic heterocycles. The average Bonchev–Trinajstić information content (AvgIpc) is 3.54. The van der Waals surface area contributed by atoms with Crippen molar-refractivity contribution in [1.29, 1.82) is 0 Å². The van der Waals surface area contributed by atoms with Gasteiger partial charge in [0.25, 0.3) is 0 Å². The average molecular weight is 410 g/mol. The molecule has 1 N–H and O–H groups in total. The maximum absolute atomic E-state index is 11.8. The number of benzene rings is 2. The van der Waals surface area contributed by atoms with Gasteiger partial charge in [-0.25, -0.2) is 4.79 Å². The molecule has 1 saturated heterocycles. The van der Waals surface area contributed by atoms with Gasteiger partial charge in [-0.3, -0.25) is 0 Å². The lowest BCUT2D eigenvalue weighted by Crippen LogP contribution is -2.54. The highest BCUT2D eigenvalue weighted by Crippen LogP contribution is 2.31. The van der Waals surface area contributed by atoms with Crippen molar-refractivity contribution in [2.45, 2.75) is 31.9 Å². The summed E-state index contributed by atoms with van der Waals surface area (Å²) < 4.78 is 11.9. The molecule has 2 amide bonds. The van der Waals surface area contributed by atoms with Gasteiger partial charge in [-0.15, -0.1) is 0 Å². The SMILES string of the molecule is CC(NC(=O)N(C)C)c1ccc(OC2CN(c3ccc(OCC4CC4)cc3)C2)cc1. The van der Waals surface area contributed by atoms with Crippen LogP contribution in [0, 0.1) is 5.92 Å². The number of urea groups is 1. The molecule has 1 unspecified atom stereocenters. The molecule has 1 heterocycles. The van der Waals surface area contributed by atoms with Gasteiger partial charge >= 0.3 is 6.03 Å². The molecule has 6 heteroatoms. The summed E-state index contributed by atoms with van der Waals surface area (Å²) in [4.78, 5) is 15.6. The van der Waals surface area contributed by atoms with Crippen LogP contribution in [-0.4, -0.2) is 50.8 Å². The van der Waals surface area contributed by atoms with E-state index in [0.29, 0.717) is 0 Å². The van der Waals surface area contributed by atoms with Crippen molar-refractivity contribution in [2.75, 3.05) is 38.7 Å². The van der Waals surface area contributed by atoms with Crippen molar-refractivity contribution in [1.82, 2.24) is 10.2 Å². The van der Waals surface area contributed by atoms with Crippen LogP contribution in [0.3, 0.4) is 0 Å². The Bertz CT molecular complexity index is 841. The quantitative estimate of drug-likeness (QED) is 0.714. The number of hydrogen-bond acceptors (Lipinski definition) is 4. The first-order chi connectivity index (χ1) is 14.5. The molecule has 2 aromatic rings. The molecular formula is C24H31N3O3. The fourth-order valence-electron chi connectivity index (χ4n) is 3.40. The van der Waals surface area contributed by atoms with E-state index in [1.165, 1.54) is 23.4 Å². The fraction of sp³-hybridized carbons (Fsp3) is 0.458. The summed E-state index contributed by atoms with van der Waals surface area (Å²) in [7, 11) is 3.47. The van der Waals surface area contributed by atoms with Crippen molar-refractivity contribution < 1.29 is 14.3 Å². The van der Waals surface area contributed by atoms with Crippen LogP contribution < -0.4 is 19.7 Å². The van der Waals surface area contributed by atoms with E-state index in [1.54, 1.807) is 14.1 Å². The number of carbonyl (C=O) groups excluding carboxylic acids is 1. The van der Waals surface area contributed by atoms with Crippen LogP contribution in [0.5, 0.6) is 11.5 Å². The summed E-state index contributed by atoms with van der Waals surface area (Å²) in [5.41, 5.74) is 2.26. The van der Waals surface area contributed by atoms with Crippen LogP contribution >= 0.6 is 0 Å². The minimum atomic E-state index is -0.0973. The molecule has 160 valence electrons. The second-order valence-electron chi connectivity index (χ2n) is 8.53. The molecular weight excluding hydrogens is 378 g/mol. The lowest BCUT2D eigenvalue weighted by Gasteiger charge is -2.40. The number of amides is 2. The third kappa shape index (κ3) is 5.17. The second-order valence-corrected chi connectivity index (χ2v) is 8.53. The Morgan fingerprint density at radius 1 is 1.07 bits per heavy atom. The van der Waals surface area contributed by atoms with Crippen molar-refractivity contribution in [3.8, 4) is 11.5 Å². The number of rotatable bonds is 8. The number of anilines is 1. The van der Waals surface area contributed by atoms with E-state index in [0.717, 1.165) is 42.7 Å². The highest BCUT2D eigenvalue weighted by atomic mass is 16.5. The monoisotopic (exact) mass is 409 g/mol. The van der Waals surface area contributed by atoms with Crippen LogP contribution in [0.25, 0.3) is 0 Å². The molecule has 2 aliphatic rings. The summed E-state index contributed by atoms with van der Waals surface area (Å²) in [5, 5.41) is 2.95. The maximum Gasteiger partial charge on any atom is 0.317 e. The van der Waals surface area contributed by atoms with E-state index in [9.17, 15) is 4.79 Å². The van der Waals surface area contributed by atoms with Gasteiger partial charge in [0.05, 0.1) is 25.7 Å². The fourth-order valence-corrected chi connectivity index (χ4v) is 3.40. The van der Waals surface area contributed by atoms with Gasteiger partial charge in [-0.2, -0.15) is 0 Å². The van der Waals surface area contributed by atoms with Crippen LogP contribution in [0.15, 0.2) is 48.5 Å². The van der Waals surface area contributed by atoms with E-state index in [-0.39, 0.29) is 18.2 Å². The summed E-state index contributed by atoms with van der Waals surface area (Å²) in [6, 6.07) is 16.2. The molecule has 30 heavy (non-hydrogen) atoms. The van der Waals surface area contributed by atoms with Crippen molar-refractivity contribution in [3.05, 3.63) is 54.1 Å². The van der Waals surface area contributed by atoms with E-state index in [2.05, 4.69) is 34.5 Å². The zero-order valence-electron chi connectivity index (χ0n) is 18.0. The van der Waals surface area contributed by atoms with E-state index >= 15 is 0 Å². The standard InChI is InChI=1S/C24H31N3O3/c1-17(25-24(28)26(2)3)19-6-10-22(11-7-19)30-23-14-27(15-23)20-8-12-21(13-9-20)29-16-18-4-5-18/h6-13,17-18,23H,4-5,14-16H2,1-3H3,(H,25,28). The topological polar surface area (TPSA) is 54.0 Å². The summed E-state index contributed by atoms with van der Waals surface area (Å²) in [6.07, 6.45) is 2.80. The highest BCUT2D eigenvalue weighted by Gasteiger charge is 2.29. The Hall–Kier alpha value is -2.89. The lowest BCUT2D eigenvalue weighted by atomic mass is 10.1. The third-order valence-corrected chi connectivity index (χ3v) is 5.66. The minimum absolute atomic E-state index is 0.0515. The number of carbonyl (C=O) groups is 1. The Labute approximate surface area is 178 Å². The first-order valence-corrected chi connectivity index (χ1v) is 10.7. The van der Waals surface area contributed by atoms with Crippen LogP contribution in [0.2, 0.25) is 0 Å². The minimum Gasteiger partial charge on any atom is -0.493 e. The summed E-state index contributed by atoms with van der Waals surface area (Å²) in [5.74, 6) is 2.58. The Balaban J connectivity index is 1.22. The highest BCUT2D eigenvalue weighted by molar-refractivity contribution is 5.74. The maximum atomic E-state index is 11.8. The van der Waals surface area contributed by atoms with Crippen LogP contribution in [0.4, 0.5) is 10.5 Å². The van der Waals surface area contributed by atoms with E-state index < -0.39 is 0 Å². The van der Waals surface area contributed by atoms with Crippen molar-refractivity contribution in [2.24, 2.45) is 5.92 Å². The molecule has 0 bridgehead atoms. The zero-order chi connectivity index (χ0) is 21.1. The second kappa shape index (κ2) is 8.86. The van der Waals surface area contributed by atoms with Gasteiger partial charge in [0.2, 0.25) is 0 Å². The molecule has 0 aromatic heterocycles. The number of ether oxygens (including phenoxy) is 2. The van der Waals surface area contributed by atoms with Gasteiger partial charge in [0.15, 0.2) is 0 Å². The number of hydrogen-bond donors (Lipinski definition) is 1. The van der Waals surface area contributed by atoms with Gasteiger partial charge < -0.3 is 24.6 Å². The van der Waals surface area contributed by atoms with Gasteiger partial charge in [0, 0.05) is 19.8 Å². The van der Waals surface area contributed by atoms with Gasteiger partial charge in [-0.05, 0) is 67.6 Å². The van der Waals surface area contributed by atoms with Crippen LogP contribution in [0.1, 0.15) is 31.4 Å². The molecule has 1 aliphatic carbocycles. The predicted molar refractivity (Wildman–Crippen MR) is 118 cm³/mol. The zero-order valence-corrected chi connectivity index (χ0v) is 18.0. The number of nitrogens with zero attached hydrogens (tertiary/aromatic N) is 2. The Morgan fingerprint density at radius 2 is 1.70 bits per heavy atom. The Morgan fingerprint density at radius 3 is 2.30 bits per heavy atom. The third-order valence-electron chi connectivity index (χ3n) is 5.66. The predicted octanol–water partition coefficient (Wildman–Crippen LogP) is 4.08. The lowest BCUT2D eigenvalue weighted by molar-refractivity contribution is 0.167. The summed E-state index contributed by atoms with van der Waals surface area (Å²) in [6.45, 7) is 4.57. The molecule has 1 atom stereocenters.